The Morgan fingerprint density at radius 3 is 2.75 bits per heavy atom. The molecule has 0 atom stereocenters. The molecule has 0 spiro atoms. The number of carbonyl (C=O) groups is 1. The van der Waals surface area contributed by atoms with Crippen LogP contribution in [0.1, 0.15) is 13.8 Å². The number of carbonyl (C=O) groups excluding carboxylic acids is 1. The quantitative estimate of drug-likeness (QED) is 0.700. The number of morpholine rings is 1. The molecule has 0 aliphatic carbocycles. The van der Waals surface area contributed by atoms with Gasteiger partial charge in [0, 0.05) is 32.3 Å². The van der Waals surface area contributed by atoms with Crippen molar-refractivity contribution in [3.8, 4) is 0 Å². The van der Waals surface area contributed by atoms with Crippen molar-refractivity contribution in [2.75, 3.05) is 39.4 Å². The topological polar surface area (TPSA) is 41.6 Å². The van der Waals surface area contributed by atoms with Crippen LogP contribution in [0.25, 0.3) is 0 Å². The molecule has 1 aliphatic rings. The van der Waals surface area contributed by atoms with Crippen LogP contribution in [-0.4, -0.2) is 50.2 Å². The fourth-order valence-corrected chi connectivity index (χ4v) is 1.46. The van der Waals surface area contributed by atoms with Gasteiger partial charge in [0.25, 0.3) is 0 Å². The van der Waals surface area contributed by atoms with Crippen molar-refractivity contribution in [2.24, 2.45) is 5.92 Å². The molecule has 1 heterocycles. The third-order valence-electron chi connectivity index (χ3n) is 2.42. The van der Waals surface area contributed by atoms with Crippen LogP contribution in [0.4, 0.5) is 0 Å². The van der Waals surface area contributed by atoms with Crippen LogP contribution >= 0.6 is 0 Å². The van der Waals surface area contributed by atoms with Crippen molar-refractivity contribution in [2.45, 2.75) is 13.8 Å². The van der Waals surface area contributed by atoms with E-state index in [0.717, 1.165) is 39.4 Å². The maximum atomic E-state index is 11.3. The molecule has 0 unspecified atom stereocenters. The van der Waals surface area contributed by atoms with Crippen LogP contribution in [-0.2, 0) is 9.53 Å². The molecule has 4 heteroatoms. The summed E-state index contributed by atoms with van der Waals surface area (Å²) in [7, 11) is 0. The summed E-state index contributed by atoms with van der Waals surface area (Å²) in [5.41, 5.74) is 0. The Labute approximate surface area is 97.6 Å². The lowest BCUT2D eigenvalue weighted by molar-refractivity contribution is -0.116. The SMILES string of the molecule is CC(C)CNC(=O)/C=C/CN1CCOCC1. The molecule has 0 radical (unpaired) electrons. The lowest BCUT2D eigenvalue weighted by Gasteiger charge is -2.25. The summed E-state index contributed by atoms with van der Waals surface area (Å²) in [6, 6.07) is 0. The van der Waals surface area contributed by atoms with Gasteiger partial charge in [0.2, 0.25) is 5.91 Å². The largest absolute Gasteiger partial charge is 0.379 e. The van der Waals surface area contributed by atoms with Gasteiger partial charge in [-0.05, 0) is 5.92 Å². The monoisotopic (exact) mass is 226 g/mol. The Hall–Kier alpha value is -0.870. The average Bonchev–Trinajstić information content (AvgIpc) is 2.28. The van der Waals surface area contributed by atoms with Gasteiger partial charge in [-0.3, -0.25) is 9.69 Å². The van der Waals surface area contributed by atoms with Crippen molar-refractivity contribution in [3.05, 3.63) is 12.2 Å². The second kappa shape index (κ2) is 7.41. The van der Waals surface area contributed by atoms with Crippen molar-refractivity contribution in [3.63, 3.8) is 0 Å². The van der Waals surface area contributed by atoms with Gasteiger partial charge in [0.05, 0.1) is 13.2 Å². The average molecular weight is 226 g/mol. The molecule has 1 saturated heterocycles. The summed E-state index contributed by atoms with van der Waals surface area (Å²) in [6.45, 7) is 9.24. The Morgan fingerprint density at radius 1 is 1.44 bits per heavy atom. The molecule has 0 bridgehead atoms. The Bertz CT molecular complexity index is 233. The fraction of sp³-hybridized carbons (Fsp3) is 0.750. The highest BCUT2D eigenvalue weighted by Gasteiger charge is 2.07. The van der Waals surface area contributed by atoms with E-state index in [1.165, 1.54) is 0 Å². The molecule has 1 N–H and O–H groups in total. The number of nitrogens with zero attached hydrogens (tertiary/aromatic N) is 1. The van der Waals surface area contributed by atoms with E-state index in [1.54, 1.807) is 6.08 Å². The van der Waals surface area contributed by atoms with Crippen LogP contribution in [0.2, 0.25) is 0 Å². The Kier molecular flexibility index (Phi) is 6.11. The van der Waals surface area contributed by atoms with Gasteiger partial charge in [-0.15, -0.1) is 0 Å². The standard InChI is InChI=1S/C12H22N2O2/c1-11(2)10-13-12(15)4-3-5-14-6-8-16-9-7-14/h3-4,11H,5-10H2,1-2H3,(H,13,15)/b4-3+. The first kappa shape index (κ1) is 13.2. The van der Waals surface area contributed by atoms with E-state index < -0.39 is 0 Å². The molecule has 0 saturated carbocycles. The van der Waals surface area contributed by atoms with E-state index in [4.69, 9.17) is 4.74 Å². The van der Waals surface area contributed by atoms with Gasteiger partial charge in [0.15, 0.2) is 0 Å². The number of ether oxygens (including phenoxy) is 1. The summed E-state index contributed by atoms with van der Waals surface area (Å²) in [6.07, 6.45) is 3.54. The van der Waals surface area contributed by atoms with Crippen LogP contribution in [0, 0.1) is 5.92 Å². The van der Waals surface area contributed by atoms with E-state index in [1.807, 2.05) is 6.08 Å². The minimum atomic E-state index is 0.00181. The molecular formula is C12H22N2O2. The highest BCUT2D eigenvalue weighted by molar-refractivity contribution is 5.87. The zero-order chi connectivity index (χ0) is 11.8. The second-order valence-corrected chi connectivity index (χ2v) is 4.45. The van der Waals surface area contributed by atoms with Gasteiger partial charge in [-0.1, -0.05) is 19.9 Å². The minimum Gasteiger partial charge on any atom is -0.379 e. The number of nitrogens with one attached hydrogen (secondary N) is 1. The van der Waals surface area contributed by atoms with E-state index in [0.29, 0.717) is 5.92 Å². The molecule has 0 aromatic carbocycles. The third-order valence-corrected chi connectivity index (χ3v) is 2.42. The predicted octanol–water partition coefficient (Wildman–Crippen LogP) is 0.647. The van der Waals surface area contributed by atoms with Gasteiger partial charge < -0.3 is 10.1 Å². The maximum absolute atomic E-state index is 11.3. The van der Waals surface area contributed by atoms with E-state index in [-0.39, 0.29) is 5.91 Å². The van der Waals surface area contributed by atoms with Crippen LogP contribution in [0.5, 0.6) is 0 Å². The van der Waals surface area contributed by atoms with Gasteiger partial charge in [-0.2, -0.15) is 0 Å². The molecule has 0 aromatic rings. The van der Waals surface area contributed by atoms with Crippen molar-refractivity contribution in [1.82, 2.24) is 10.2 Å². The molecule has 4 nitrogen and oxygen atoms in total. The smallest absolute Gasteiger partial charge is 0.243 e. The highest BCUT2D eigenvalue weighted by atomic mass is 16.5. The van der Waals surface area contributed by atoms with Crippen LogP contribution in [0.15, 0.2) is 12.2 Å². The summed E-state index contributed by atoms with van der Waals surface area (Å²) in [5.74, 6) is 0.499. The number of rotatable bonds is 5. The highest BCUT2D eigenvalue weighted by Crippen LogP contribution is 1.96. The van der Waals surface area contributed by atoms with E-state index >= 15 is 0 Å². The molecule has 1 amide bonds. The zero-order valence-corrected chi connectivity index (χ0v) is 10.2. The van der Waals surface area contributed by atoms with Crippen molar-refractivity contribution < 1.29 is 9.53 Å². The first-order valence-electron chi connectivity index (χ1n) is 5.93. The Balaban J connectivity index is 2.12. The molecule has 0 aromatic heterocycles. The summed E-state index contributed by atoms with van der Waals surface area (Å²) in [5, 5.41) is 2.85. The van der Waals surface area contributed by atoms with Crippen LogP contribution in [0.3, 0.4) is 0 Å². The minimum absolute atomic E-state index is 0.00181. The van der Waals surface area contributed by atoms with E-state index in [2.05, 4.69) is 24.1 Å². The molecule has 1 fully saturated rings. The number of hydrogen-bond acceptors (Lipinski definition) is 3. The van der Waals surface area contributed by atoms with E-state index in [9.17, 15) is 4.79 Å². The van der Waals surface area contributed by atoms with Gasteiger partial charge in [0.1, 0.15) is 0 Å². The molecule has 92 valence electrons. The Morgan fingerprint density at radius 2 is 2.12 bits per heavy atom. The van der Waals surface area contributed by atoms with Crippen molar-refractivity contribution in [1.29, 1.82) is 0 Å². The molecule has 16 heavy (non-hydrogen) atoms. The molecule has 1 rings (SSSR count). The lowest BCUT2D eigenvalue weighted by Crippen LogP contribution is -2.36. The van der Waals surface area contributed by atoms with Crippen molar-refractivity contribution >= 4 is 5.91 Å². The first-order chi connectivity index (χ1) is 7.68. The summed E-state index contributed by atoms with van der Waals surface area (Å²) < 4.78 is 5.25. The summed E-state index contributed by atoms with van der Waals surface area (Å²) >= 11 is 0. The van der Waals surface area contributed by atoms with Crippen LogP contribution < -0.4 is 5.32 Å². The molecule has 1 aliphatic heterocycles. The maximum Gasteiger partial charge on any atom is 0.243 e. The lowest BCUT2D eigenvalue weighted by atomic mass is 10.2. The number of hydrogen-bond donors (Lipinski definition) is 1. The summed E-state index contributed by atoms with van der Waals surface area (Å²) in [4.78, 5) is 13.6. The fourth-order valence-electron chi connectivity index (χ4n) is 1.46. The van der Waals surface area contributed by atoms with Gasteiger partial charge in [-0.25, -0.2) is 0 Å². The second-order valence-electron chi connectivity index (χ2n) is 4.45. The normalized spacial score (nSPS) is 18.2. The number of amides is 1. The first-order valence-corrected chi connectivity index (χ1v) is 5.93. The van der Waals surface area contributed by atoms with Gasteiger partial charge >= 0.3 is 0 Å². The predicted molar refractivity (Wildman–Crippen MR) is 64.2 cm³/mol. The third kappa shape index (κ3) is 5.88. The zero-order valence-electron chi connectivity index (χ0n) is 10.2. The molecular weight excluding hydrogens is 204 g/mol.